The topological polar surface area (TPSA) is 91.3 Å². The third-order valence-electron chi connectivity index (χ3n) is 1.35. The van der Waals surface area contributed by atoms with Gasteiger partial charge >= 0.3 is 12.0 Å². The number of anilines is 1. The van der Waals surface area contributed by atoms with Crippen molar-refractivity contribution in [2.45, 2.75) is 6.36 Å². The third-order valence-corrected chi connectivity index (χ3v) is 1.64. The van der Waals surface area contributed by atoms with E-state index in [9.17, 15) is 23.3 Å². The van der Waals surface area contributed by atoms with Gasteiger partial charge in [0.2, 0.25) is 11.7 Å². The Morgan fingerprint density at radius 1 is 1.56 bits per heavy atom. The van der Waals surface area contributed by atoms with Gasteiger partial charge in [-0.1, -0.05) is 11.6 Å². The fourth-order valence-electron chi connectivity index (χ4n) is 0.855. The molecular formula is C6H3ClF3N3O3. The van der Waals surface area contributed by atoms with Crippen molar-refractivity contribution in [1.82, 2.24) is 4.98 Å². The lowest BCUT2D eigenvalue weighted by molar-refractivity contribution is -0.384. The van der Waals surface area contributed by atoms with Crippen LogP contribution in [0.5, 0.6) is 5.88 Å². The van der Waals surface area contributed by atoms with E-state index < -0.39 is 33.7 Å². The molecule has 0 amide bonds. The number of nitrogen functional groups attached to an aromatic ring is 1. The highest BCUT2D eigenvalue weighted by Gasteiger charge is 2.33. The predicted octanol–water partition coefficient (Wildman–Crippen LogP) is 2.12. The summed E-state index contributed by atoms with van der Waals surface area (Å²) in [5.74, 6) is -1.71. The van der Waals surface area contributed by atoms with Crippen LogP contribution in [0.15, 0.2) is 6.07 Å². The lowest BCUT2D eigenvalue weighted by Crippen LogP contribution is -2.18. The van der Waals surface area contributed by atoms with Crippen molar-refractivity contribution in [2.75, 3.05) is 5.73 Å². The molecule has 0 radical (unpaired) electrons. The van der Waals surface area contributed by atoms with Crippen LogP contribution in [0.4, 0.5) is 24.7 Å². The number of aromatic nitrogens is 1. The first kappa shape index (κ1) is 12.3. The van der Waals surface area contributed by atoms with Gasteiger partial charge in [0, 0.05) is 6.07 Å². The van der Waals surface area contributed by atoms with E-state index in [4.69, 9.17) is 17.3 Å². The molecule has 0 unspecified atom stereocenters. The number of hydrogen-bond donors (Lipinski definition) is 1. The van der Waals surface area contributed by atoms with Crippen LogP contribution in [-0.2, 0) is 0 Å². The molecule has 1 rings (SSSR count). The van der Waals surface area contributed by atoms with E-state index in [1.54, 1.807) is 0 Å². The highest BCUT2D eigenvalue weighted by Crippen LogP contribution is 2.33. The van der Waals surface area contributed by atoms with Crippen molar-refractivity contribution in [1.29, 1.82) is 0 Å². The second kappa shape index (κ2) is 4.00. The third kappa shape index (κ3) is 2.86. The van der Waals surface area contributed by atoms with Crippen molar-refractivity contribution in [3.8, 4) is 5.88 Å². The fraction of sp³-hybridized carbons (Fsp3) is 0.167. The van der Waals surface area contributed by atoms with Gasteiger partial charge in [-0.05, 0) is 0 Å². The summed E-state index contributed by atoms with van der Waals surface area (Å²) in [5.41, 5.74) is 4.29. The second-order valence-electron chi connectivity index (χ2n) is 2.48. The zero-order chi connectivity index (χ0) is 12.5. The lowest BCUT2D eigenvalue weighted by atomic mass is 10.4. The molecule has 0 saturated heterocycles. The Morgan fingerprint density at radius 2 is 2.12 bits per heavy atom. The van der Waals surface area contributed by atoms with Gasteiger partial charge in [-0.15, -0.1) is 13.2 Å². The maximum absolute atomic E-state index is 11.8. The van der Waals surface area contributed by atoms with Crippen LogP contribution in [0, 0.1) is 10.1 Å². The minimum absolute atomic E-state index is 0.559. The van der Waals surface area contributed by atoms with Gasteiger partial charge in [-0.3, -0.25) is 10.1 Å². The summed E-state index contributed by atoms with van der Waals surface area (Å²) in [4.78, 5) is 12.5. The predicted molar refractivity (Wildman–Crippen MR) is 47.0 cm³/mol. The number of halogens is 4. The van der Waals surface area contributed by atoms with Gasteiger partial charge in [0.25, 0.3) is 0 Å². The minimum Gasteiger partial charge on any atom is -0.388 e. The van der Waals surface area contributed by atoms with Crippen molar-refractivity contribution < 1.29 is 22.8 Å². The maximum atomic E-state index is 11.8. The number of nitrogens with zero attached hydrogens (tertiary/aromatic N) is 2. The zero-order valence-corrected chi connectivity index (χ0v) is 8.04. The first-order valence-electron chi connectivity index (χ1n) is 3.57. The van der Waals surface area contributed by atoms with E-state index in [1.807, 2.05) is 0 Å². The molecule has 1 aromatic heterocycles. The number of hydrogen-bond acceptors (Lipinski definition) is 5. The Balaban J connectivity index is 3.15. The van der Waals surface area contributed by atoms with Crippen LogP contribution in [0.25, 0.3) is 0 Å². The summed E-state index contributed by atoms with van der Waals surface area (Å²) in [7, 11) is 0. The highest BCUT2D eigenvalue weighted by molar-refractivity contribution is 6.33. The number of alkyl halides is 3. The quantitative estimate of drug-likeness (QED) is 0.647. The van der Waals surface area contributed by atoms with Gasteiger partial charge < -0.3 is 10.5 Å². The zero-order valence-electron chi connectivity index (χ0n) is 7.29. The molecule has 0 aliphatic heterocycles. The minimum atomic E-state index is -4.97. The molecule has 0 aliphatic rings. The van der Waals surface area contributed by atoms with Gasteiger partial charge in [-0.2, -0.15) is 4.98 Å². The van der Waals surface area contributed by atoms with E-state index >= 15 is 0 Å². The first-order valence-corrected chi connectivity index (χ1v) is 3.94. The van der Waals surface area contributed by atoms with E-state index in [0.29, 0.717) is 6.07 Å². The summed E-state index contributed by atoms with van der Waals surface area (Å²) < 4.78 is 38.8. The van der Waals surface area contributed by atoms with Crippen LogP contribution in [0.2, 0.25) is 5.02 Å². The molecule has 0 aliphatic carbocycles. The molecule has 16 heavy (non-hydrogen) atoms. The Morgan fingerprint density at radius 3 is 2.50 bits per heavy atom. The van der Waals surface area contributed by atoms with Crippen LogP contribution in [0.1, 0.15) is 0 Å². The summed E-state index contributed by atoms with van der Waals surface area (Å²) in [6.07, 6.45) is -4.97. The van der Waals surface area contributed by atoms with Gasteiger partial charge in [0.1, 0.15) is 5.02 Å². The normalized spacial score (nSPS) is 11.2. The van der Waals surface area contributed by atoms with Gasteiger partial charge in [0.05, 0.1) is 4.92 Å². The van der Waals surface area contributed by atoms with E-state index in [2.05, 4.69) is 9.72 Å². The SMILES string of the molecule is Nc1nc(OC(F)(F)F)cc(Cl)c1[N+](=O)[O-]. The Kier molecular flexibility index (Phi) is 3.08. The van der Waals surface area contributed by atoms with E-state index in [1.165, 1.54) is 0 Å². The number of rotatable bonds is 2. The number of nitrogens with two attached hydrogens (primary N) is 1. The maximum Gasteiger partial charge on any atom is 0.574 e. The van der Waals surface area contributed by atoms with Crippen molar-refractivity contribution in [3.05, 3.63) is 21.2 Å². The molecule has 88 valence electrons. The van der Waals surface area contributed by atoms with Crippen LogP contribution in [-0.4, -0.2) is 16.3 Å². The Hall–Kier alpha value is -1.77. The molecule has 0 fully saturated rings. The highest BCUT2D eigenvalue weighted by atomic mass is 35.5. The molecule has 6 nitrogen and oxygen atoms in total. The second-order valence-corrected chi connectivity index (χ2v) is 2.89. The molecule has 1 aromatic rings. The van der Waals surface area contributed by atoms with Crippen molar-refractivity contribution >= 4 is 23.1 Å². The average Bonchev–Trinajstić information content (AvgIpc) is 1.96. The Labute approximate surface area is 90.9 Å². The lowest BCUT2D eigenvalue weighted by Gasteiger charge is -2.08. The fourth-order valence-corrected chi connectivity index (χ4v) is 1.11. The number of pyridine rings is 1. The number of ether oxygens (including phenoxy) is 1. The summed E-state index contributed by atoms with van der Waals surface area (Å²) in [6, 6.07) is 0.559. The summed E-state index contributed by atoms with van der Waals surface area (Å²) in [6.45, 7) is 0. The van der Waals surface area contributed by atoms with Crippen molar-refractivity contribution in [3.63, 3.8) is 0 Å². The Bertz CT molecular complexity index is 414. The monoisotopic (exact) mass is 257 g/mol. The average molecular weight is 258 g/mol. The molecular weight excluding hydrogens is 255 g/mol. The standard InChI is InChI=1S/C6H3ClF3N3O3/c7-2-1-3(16-6(8,9)10)12-5(11)4(2)13(14)15/h1H,(H2,11,12). The van der Waals surface area contributed by atoms with Crippen LogP contribution in [0.3, 0.4) is 0 Å². The molecule has 1 heterocycles. The largest absolute Gasteiger partial charge is 0.574 e. The first-order chi connectivity index (χ1) is 7.20. The molecule has 10 heteroatoms. The molecule has 2 N–H and O–H groups in total. The molecule has 0 spiro atoms. The summed E-state index contributed by atoms with van der Waals surface area (Å²) in [5, 5.41) is 9.79. The molecule has 0 atom stereocenters. The van der Waals surface area contributed by atoms with Gasteiger partial charge in [0.15, 0.2) is 0 Å². The molecule has 0 bridgehead atoms. The number of nitro groups is 1. The van der Waals surface area contributed by atoms with Crippen LogP contribution < -0.4 is 10.5 Å². The van der Waals surface area contributed by atoms with Crippen LogP contribution >= 0.6 is 11.6 Å². The summed E-state index contributed by atoms with van der Waals surface area (Å²) >= 11 is 5.35. The van der Waals surface area contributed by atoms with Crippen molar-refractivity contribution in [2.24, 2.45) is 0 Å². The van der Waals surface area contributed by atoms with Gasteiger partial charge in [-0.25, -0.2) is 0 Å². The van der Waals surface area contributed by atoms with E-state index in [0.717, 1.165) is 0 Å². The van der Waals surface area contributed by atoms with E-state index in [-0.39, 0.29) is 0 Å². The molecule has 0 aromatic carbocycles. The smallest absolute Gasteiger partial charge is 0.388 e. The molecule has 0 saturated carbocycles.